The lowest BCUT2D eigenvalue weighted by atomic mass is 10.0. The van der Waals surface area contributed by atoms with E-state index in [1.807, 2.05) is 0 Å². The molecule has 0 aliphatic heterocycles. The highest BCUT2D eigenvalue weighted by atomic mass is 32.2. The first-order valence-corrected chi connectivity index (χ1v) is 10.4. The first kappa shape index (κ1) is 27.3. The highest BCUT2D eigenvalue weighted by molar-refractivity contribution is 7.80. The van der Waals surface area contributed by atoms with E-state index in [0.717, 1.165) is 17.7 Å². The summed E-state index contributed by atoms with van der Waals surface area (Å²) >= 11 is -1.77. The molecule has 2 atom stereocenters. The number of esters is 2. The van der Waals surface area contributed by atoms with Crippen molar-refractivity contribution in [2.24, 2.45) is 5.92 Å². The highest BCUT2D eigenvalue weighted by Crippen LogP contribution is 2.16. The first-order valence-electron chi connectivity index (χ1n) is 9.13. The SMILES string of the molecule is C=CC(=C)CCC(COC(=C)C=C)CS(=O)OC(COC(=O)C=C)COC(=O)C=C. The number of rotatable bonds is 18. The fraction of sp³-hybridized carbons (Fsp3) is 0.364. The predicted molar refractivity (Wildman–Crippen MR) is 118 cm³/mol. The standard InChI is InChI=1S/C22H30O7S/c1-7-17(5)11-12-19(13-26-18(6)8-2)16-30(25)29-20(14-27-21(23)9-3)15-28-22(24)10-4/h7-10,19-20H,1-6,11-16H2. The van der Waals surface area contributed by atoms with E-state index in [2.05, 4.69) is 39.5 Å². The Morgan fingerprint density at radius 1 is 0.833 bits per heavy atom. The highest BCUT2D eigenvalue weighted by Gasteiger charge is 2.21. The van der Waals surface area contributed by atoms with Crippen LogP contribution in [0.2, 0.25) is 0 Å². The van der Waals surface area contributed by atoms with Gasteiger partial charge in [0.25, 0.3) is 0 Å². The maximum atomic E-state index is 12.5. The topological polar surface area (TPSA) is 88.1 Å². The molecule has 0 bridgehead atoms. The van der Waals surface area contributed by atoms with Crippen molar-refractivity contribution in [2.75, 3.05) is 25.6 Å². The Labute approximate surface area is 181 Å². The van der Waals surface area contributed by atoms with Gasteiger partial charge >= 0.3 is 11.9 Å². The van der Waals surface area contributed by atoms with Gasteiger partial charge in [-0.25, -0.2) is 13.8 Å². The molecular formula is C22H30O7S. The number of carbonyl (C=O) groups is 2. The minimum absolute atomic E-state index is 0.135. The average molecular weight is 439 g/mol. The lowest BCUT2D eigenvalue weighted by molar-refractivity contribution is -0.144. The van der Waals surface area contributed by atoms with Gasteiger partial charge in [-0.1, -0.05) is 51.1 Å². The summed E-state index contributed by atoms with van der Waals surface area (Å²) in [5.74, 6) is -0.967. The van der Waals surface area contributed by atoms with Crippen molar-refractivity contribution in [2.45, 2.75) is 18.9 Å². The zero-order valence-electron chi connectivity index (χ0n) is 17.2. The van der Waals surface area contributed by atoms with E-state index in [1.54, 1.807) is 6.08 Å². The quantitative estimate of drug-likeness (QED) is 0.140. The number of hydrogen-bond donors (Lipinski definition) is 0. The number of hydrogen-bond acceptors (Lipinski definition) is 7. The van der Waals surface area contributed by atoms with Crippen LogP contribution in [0.15, 0.2) is 75.1 Å². The number of allylic oxidation sites excluding steroid dienone is 3. The summed E-state index contributed by atoms with van der Waals surface area (Å²) < 4.78 is 33.3. The van der Waals surface area contributed by atoms with Crippen LogP contribution in [-0.4, -0.2) is 47.8 Å². The second-order valence-corrected chi connectivity index (χ2v) is 7.24. The molecule has 30 heavy (non-hydrogen) atoms. The molecule has 7 nitrogen and oxygen atoms in total. The summed E-state index contributed by atoms with van der Waals surface area (Å²) in [5.41, 5.74) is 0.847. The molecule has 0 saturated carbocycles. The van der Waals surface area contributed by atoms with E-state index in [4.69, 9.17) is 18.4 Å². The molecule has 0 aromatic carbocycles. The Kier molecular flexibility index (Phi) is 14.7. The lowest BCUT2D eigenvalue weighted by Crippen LogP contribution is -2.30. The smallest absolute Gasteiger partial charge is 0.330 e. The van der Waals surface area contributed by atoms with Crippen LogP contribution >= 0.6 is 0 Å². The molecule has 0 fully saturated rings. The third-order valence-electron chi connectivity index (χ3n) is 3.67. The van der Waals surface area contributed by atoms with Crippen LogP contribution in [0.25, 0.3) is 0 Å². The van der Waals surface area contributed by atoms with E-state index < -0.39 is 29.1 Å². The van der Waals surface area contributed by atoms with Gasteiger partial charge in [0.15, 0.2) is 11.1 Å². The van der Waals surface area contributed by atoms with Gasteiger partial charge in [-0.15, -0.1) is 0 Å². The Balaban J connectivity index is 4.96. The Bertz CT molecular complexity index is 577. The molecule has 0 aromatic rings. The third kappa shape index (κ3) is 13.5. The van der Waals surface area contributed by atoms with Gasteiger partial charge in [-0.2, -0.15) is 0 Å². The Hall–Kier alpha value is -2.71. The van der Waals surface area contributed by atoms with Gasteiger partial charge in [0, 0.05) is 18.1 Å². The third-order valence-corrected chi connectivity index (χ3v) is 4.90. The molecular weight excluding hydrogens is 408 g/mol. The van der Waals surface area contributed by atoms with Crippen LogP contribution in [0.1, 0.15) is 12.8 Å². The zero-order chi connectivity index (χ0) is 22.9. The molecule has 0 aliphatic carbocycles. The molecule has 166 valence electrons. The molecule has 8 heteroatoms. The second kappa shape index (κ2) is 16.1. The molecule has 0 spiro atoms. The summed E-state index contributed by atoms with van der Waals surface area (Å²) in [7, 11) is 0. The van der Waals surface area contributed by atoms with Gasteiger partial charge < -0.3 is 14.2 Å². The molecule has 0 radical (unpaired) electrons. The van der Waals surface area contributed by atoms with E-state index in [-0.39, 0.29) is 31.5 Å². The van der Waals surface area contributed by atoms with Crippen molar-refractivity contribution < 1.29 is 32.2 Å². The number of carbonyl (C=O) groups excluding carboxylic acids is 2. The molecule has 0 rings (SSSR count). The molecule has 0 aromatic heterocycles. The van der Waals surface area contributed by atoms with Gasteiger partial charge in [-0.3, -0.25) is 4.18 Å². The maximum Gasteiger partial charge on any atom is 0.330 e. The van der Waals surface area contributed by atoms with E-state index in [0.29, 0.717) is 18.6 Å². The Morgan fingerprint density at radius 2 is 1.40 bits per heavy atom. The van der Waals surface area contributed by atoms with Gasteiger partial charge in [-0.05, 0) is 18.9 Å². The van der Waals surface area contributed by atoms with E-state index in [9.17, 15) is 13.8 Å². The summed E-state index contributed by atoms with van der Waals surface area (Å²) in [6.45, 7) is 21.1. The molecule has 2 unspecified atom stereocenters. The normalized spacial score (nSPS) is 12.2. The van der Waals surface area contributed by atoms with Crippen molar-refractivity contribution in [3.63, 3.8) is 0 Å². The minimum Gasteiger partial charge on any atom is -0.494 e. The average Bonchev–Trinajstić information content (AvgIpc) is 2.75. The van der Waals surface area contributed by atoms with Crippen LogP contribution in [0.3, 0.4) is 0 Å². The van der Waals surface area contributed by atoms with E-state index >= 15 is 0 Å². The Morgan fingerprint density at radius 3 is 1.87 bits per heavy atom. The van der Waals surface area contributed by atoms with Crippen LogP contribution < -0.4 is 0 Å². The molecule has 0 heterocycles. The van der Waals surface area contributed by atoms with E-state index in [1.165, 1.54) is 6.08 Å². The zero-order valence-corrected chi connectivity index (χ0v) is 18.0. The van der Waals surface area contributed by atoms with Crippen LogP contribution in [0.4, 0.5) is 0 Å². The summed E-state index contributed by atoms with van der Waals surface area (Å²) in [6, 6.07) is 0. The molecule has 0 saturated heterocycles. The largest absolute Gasteiger partial charge is 0.494 e. The van der Waals surface area contributed by atoms with Crippen LogP contribution in [0.5, 0.6) is 0 Å². The van der Waals surface area contributed by atoms with Crippen molar-refractivity contribution in [3.8, 4) is 0 Å². The maximum absolute atomic E-state index is 12.5. The summed E-state index contributed by atoms with van der Waals surface area (Å²) in [5, 5.41) is 0. The minimum atomic E-state index is -1.77. The van der Waals surface area contributed by atoms with Crippen molar-refractivity contribution in [1.29, 1.82) is 0 Å². The van der Waals surface area contributed by atoms with Crippen molar-refractivity contribution >= 4 is 23.0 Å². The summed E-state index contributed by atoms with van der Waals surface area (Å²) in [4.78, 5) is 22.6. The first-order chi connectivity index (χ1) is 14.2. The number of ether oxygens (including phenoxy) is 3. The van der Waals surface area contributed by atoms with Crippen LogP contribution in [-0.2, 0) is 39.1 Å². The molecule has 0 N–H and O–H groups in total. The van der Waals surface area contributed by atoms with Gasteiger partial charge in [0.1, 0.15) is 25.1 Å². The van der Waals surface area contributed by atoms with Crippen LogP contribution in [0, 0.1) is 5.92 Å². The molecule has 0 aliphatic rings. The van der Waals surface area contributed by atoms with Crippen molar-refractivity contribution in [3.05, 3.63) is 75.1 Å². The monoisotopic (exact) mass is 438 g/mol. The predicted octanol–water partition coefficient (Wildman–Crippen LogP) is 3.35. The van der Waals surface area contributed by atoms with Gasteiger partial charge in [0.05, 0.1) is 12.4 Å². The summed E-state index contributed by atoms with van der Waals surface area (Å²) in [6.07, 6.45) is 5.45. The van der Waals surface area contributed by atoms with Gasteiger partial charge in [0.2, 0.25) is 0 Å². The lowest BCUT2D eigenvalue weighted by Gasteiger charge is -2.20. The molecule has 0 amide bonds. The van der Waals surface area contributed by atoms with Crippen molar-refractivity contribution in [1.82, 2.24) is 0 Å². The fourth-order valence-electron chi connectivity index (χ4n) is 1.95. The fourth-order valence-corrected chi connectivity index (χ4v) is 3.09. The second-order valence-electron chi connectivity index (χ2n) is 6.11.